The van der Waals surface area contributed by atoms with Crippen molar-refractivity contribution in [2.75, 3.05) is 28.4 Å². The fourth-order valence-corrected chi connectivity index (χ4v) is 4.83. The standard InChI is InChI=1S/C26H33NO8/c1-12(2)35-26(30)20-14(4)27-16-9-13(3)19(25(29)34-8)23(28)22(16)21(20)15-10-17(31-5)24(33-7)18(11-15)32-6/h10-13,19,21,27H,9H2,1-8H3/t13-,19-,21+/m1/s1. The van der Waals surface area contributed by atoms with Crippen LogP contribution < -0.4 is 19.5 Å². The Bertz CT molecular complexity index is 1080. The van der Waals surface area contributed by atoms with Gasteiger partial charge in [0.1, 0.15) is 5.92 Å². The van der Waals surface area contributed by atoms with Gasteiger partial charge in [0.05, 0.1) is 40.1 Å². The van der Waals surface area contributed by atoms with E-state index < -0.39 is 23.8 Å². The van der Waals surface area contributed by atoms with Crippen molar-refractivity contribution in [3.05, 3.63) is 40.2 Å². The summed E-state index contributed by atoms with van der Waals surface area (Å²) in [7, 11) is 5.74. The Morgan fingerprint density at radius 1 is 1.03 bits per heavy atom. The Hall–Kier alpha value is -3.49. The molecule has 1 N–H and O–H groups in total. The maximum atomic E-state index is 13.8. The average Bonchev–Trinajstić information content (AvgIpc) is 2.81. The molecule has 1 aromatic carbocycles. The predicted octanol–water partition coefficient (Wildman–Crippen LogP) is 3.28. The Balaban J connectivity index is 2.30. The quantitative estimate of drug-likeness (QED) is 0.458. The van der Waals surface area contributed by atoms with Crippen LogP contribution in [0.15, 0.2) is 34.7 Å². The number of benzene rings is 1. The largest absolute Gasteiger partial charge is 0.493 e. The van der Waals surface area contributed by atoms with Gasteiger partial charge in [-0.25, -0.2) is 4.79 Å². The lowest BCUT2D eigenvalue weighted by atomic mass is 9.69. The molecule has 1 heterocycles. The van der Waals surface area contributed by atoms with Crippen LogP contribution in [0.1, 0.15) is 45.6 Å². The zero-order valence-electron chi connectivity index (χ0n) is 21.4. The highest BCUT2D eigenvalue weighted by molar-refractivity contribution is 6.12. The first-order valence-electron chi connectivity index (χ1n) is 11.4. The molecule has 3 atom stereocenters. The van der Waals surface area contributed by atoms with Crippen molar-refractivity contribution in [2.24, 2.45) is 11.8 Å². The Kier molecular flexibility index (Phi) is 7.77. The van der Waals surface area contributed by atoms with Gasteiger partial charge in [0.25, 0.3) is 0 Å². The lowest BCUT2D eigenvalue weighted by molar-refractivity contribution is -0.151. The first kappa shape index (κ1) is 26.1. The number of rotatable bonds is 7. The number of carbonyl (C=O) groups is 3. The van der Waals surface area contributed by atoms with E-state index in [0.717, 1.165) is 0 Å². The lowest BCUT2D eigenvalue weighted by Crippen LogP contribution is -2.43. The molecule has 35 heavy (non-hydrogen) atoms. The Morgan fingerprint density at radius 2 is 1.63 bits per heavy atom. The van der Waals surface area contributed by atoms with Crippen LogP contribution in [0.3, 0.4) is 0 Å². The summed E-state index contributed by atoms with van der Waals surface area (Å²) in [4.78, 5) is 39.7. The van der Waals surface area contributed by atoms with Gasteiger partial charge in [0.15, 0.2) is 17.3 Å². The monoisotopic (exact) mass is 487 g/mol. The SMILES string of the molecule is COC(=O)[C@H]1C(=O)C2=C(C[C@H]1C)NC(C)=C(C(=O)OC(C)C)[C@@H]2c1cc(OC)c(OC)c(OC)c1. The summed E-state index contributed by atoms with van der Waals surface area (Å²) >= 11 is 0. The highest BCUT2D eigenvalue weighted by Crippen LogP contribution is 2.49. The van der Waals surface area contributed by atoms with Crippen LogP contribution in [0.4, 0.5) is 0 Å². The van der Waals surface area contributed by atoms with Crippen LogP contribution in [0.2, 0.25) is 0 Å². The maximum Gasteiger partial charge on any atom is 0.337 e. The van der Waals surface area contributed by atoms with Gasteiger partial charge in [-0.3, -0.25) is 9.59 Å². The second-order valence-electron chi connectivity index (χ2n) is 8.95. The fourth-order valence-electron chi connectivity index (χ4n) is 4.83. The molecule has 0 fully saturated rings. The van der Waals surface area contributed by atoms with E-state index in [1.807, 2.05) is 6.92 Å². The van der Waals surface area contributed by atoms with Crippen molar-refractivity contribution in [3.63, 3.8) is 0 Å². The van der Waals surface area contributed by atoms with Gasteiger partial charge in [-0.05, 0) is 50.8 Å². The van der Waals surface area contributed by atoms with E-state index in [1.165, 1.54) is 28.4 Å². The van der Waals surface area contributed by atoms with Crippen LogP contribution in [0, 0.1) is 11.8 Å². The molecule has 3 rings (SSSR count). The van der Waals surface area contributed by atoms with E-state index in [9.17, 15) is 14.4 Å². The molecule has 0 bridgehead atoms. The molecule has 1 aliphatic carbocycles. The predicted molar refractivity (Wildman–Crippen MR) is 127 cm³/mol. The number of ketones is 1. The molecule has 9 heteroatoms. The summed E-state index contributed by atoms with van der Waals surface area (Å²) in [5, 5.41) is 3.24. The van der Waals surface area contributed by atoms with Crippen molar-refractivity contribution in [3.8, 4) is 17.2 Å². The smallest absolute Gasteiger partial charge is 0.337 e. The molecule has 0 amide bonds. The molecule has 2 aliphatic rings. The van der Waals surface area contributed by atoms with Gasteiger partial charge in [-0.15, -0.1) is 0 Å². The third-order valence-corrected chi connectivity index (χ3v) is 6.33. The highest BCUT2D eigenvalue weighted by atomic mass is 16.5. The zero-order chi connectivity index (χ0) is 26.0. The number of methoxy groups -OCH3 is 4. The average molecular weight is 488 g/mol. The molecule has 1 aromatic rings. The molecule has 190 valence electrons. The van der Waals surface area contributed by atoms with Crippen molar-refractivity contribution < 1.29 is 38.1 Å². The van der Waals surface area contributed by atoms with Gasteiger partial charge in [-0.1, -0.05) is 6.92 Å². The van der Waals surface area contributed by atoms with Crippen LogP contribution >= 0.6 is 0 Å². The Morgan fingerprint density at radius 3 is 2.11 bits per heavy atom. The van der Waals surface area contributed by atoms with E-state index >= 15 is 0 Å². The van der Waals surface area contributed by atoms with Gasteiger partial charge in [0.2, 0.25) is 5.75 Å². The summed E-state index contributed by atoms with van der Waals surface area (Å²) in [6.07, 6.45) is 0.0645. The van der Waals surface area contributed by atoms with E-state index in [4.69, 9.17) is 23.7 Å². The highest BCUT2D eigenvalue weighted by Gasteiger charge is 2.47. The molecule has 0 spiro atoms. The van der Waals surface area contributed by atoms with Crippen molar-refractivity contribution in [1.29, 1.82) is 0 Å². The van der Waals surface area contributed by atoms with Crippen molar-refractivity contribution in [2.45, 2.75) is 46.1 Å². The van der Waals surface area contributed by atoms with Gasteiger partial charge in [-0.2, -0.15) is 0 Å². The third-order valence-electron chi connectivity index (χ3n) is 6.33. The third kappa shape index (κ3) is 4.72. The minimum Gasteiger partial charge on any atom is -0.493 e. The number of hydrogen-bond donors (Lipinski definition) is 1. The maximum absolute atomic E-state index is 13.8. The van der Waals surface area contributed by atoms with Crippen molar-refractivity contribution in [1.82, 2.24) is 5.32 Å². The molecule has 0 radical (unpaired) electrons. The number of carbonyl (C=O) groups excluding carboxylic acids is 3. The minimum absolute atomic E-state index is 0.276. The number of dihydropyridines is 1. The molecule has 9 nitrogen and oxygen atoms in total. The van der Waals surface area contributed by atoms with Gasteiger partial charge >= 0.3 is 11.9 Å². The summed E-state index contributed by atoms with van der Waals surface area (Å²) < 4.78 is 27.0. The van der Waals surface area contributed by atoms with E-state index in [1.54, 1.807) is 32.9 Å². The second kappa shape index (κ2) is 10.4. The number of hydrogen-bond acceptors (Lipinski definition) is 9. The summed E-state index contributed by atoms with van der Waals surface area (Å²) in [6, 6.07) is 3.41. The minimum atomic E-state index is -0.981. The summed E-state index contributed by atoms with van der Waals surface area (Å²) in [6.45, 7) is 7.11. The second-order valence-corrected chi connectivity index (χ2v) is 8.95. The topological polar surface area (TPSA) is 109 Å². The fraction of sp³-hybridized carbons (Fsp3) is 0.500. The summed E-state index contributed by atoms with van der Waals surface area (Å²) in [5.41, 5.74) is 2.41. The number of Topliss-reactive ketones (excluding diaryl/α,β-unsaturated/α-hetero) is 1. The first-order chi connectivity index (χ1) is 16.6. The number of esters is 2. The Labute approximate surface area is 205 Å². The van der Waals surface area contributed by atoms with Crippen molar-refractivity contribution >= 4 is 17.7 Å². The molecular formula is C26H33NO8. The molecular weight excluding hydrogens is 454 g/mol. The van der Waals surface area contributed by atoms with E-state index in [-0.39, 0.29) is 23.4 Å². The number of ether oxygens (including phenoxy) is 5. The number of nitrogens with one attached hydrogen (secondary N) is 1. The van der Waals surface area contributed by atoms with Crippen LogP contribution in [-0.2, 0) is 23.9 Å². The van der Waals surface area contributed by atoms with Gasteiger partial charge in [0, 0.05) is 22.9 Å². The lowest BCUT2D eigenvalue weighted by Gasteiger charge is -2.38. The van der Waals surface area contributed by atoms with Gasteiger partial charge < -0.3 is 29.0 Å². The molecule has 0 saturated carbocycles. The molecule has 0 aromatic heterocycles. The van der Waals surface area contributed by atoms with Crippen LogP contribution in [0.25, 0.3) is 0 Å². The van der Waals surface area contributed by atoms with E-state index in [2.05, 4.69) is 5.32 Å². The molecule has 1 aliphatic heterocycles. The van der Waals surface area contributed by atoms with Crippen LogP contribution in [-0.4, -0.2) is 52.3 Å². The first-order valence-corrected chi connectivity index (χ1v) is 11.4. The summed E-state index contributed by atoms with van der Waals surface area (Å²) in [5.74, 6) is -2.51. The normalized spacial score (nSPS) is 21.9. The molecule has 0 saturated heterocycles. The van der Waals surface area contributed by atoms with Crippen LogP contribution in [0.5, 0.6) is 17.2 Å². The molecule has 0 unspecified atom stereocenters. The van der Waals surface area contributed by atoms with E-state index in [0.29, 0.717) is 46.2 Å². The zero-order valence-corrected chi connectivity index (χ0v) is 21.4. The number of allylic oxidation sites excluding steroid dienone is 3.